The van der Waals surface area contributed by atoms with Gasteiger partial charge in [0.1, 0.15) is 35.8 Å². The molecule has 6 rings (SSSR count). The summed E-state index contributed by atoms with van der Waals surface area (Å²) in [5.74, 6) is 2.58. The first-order chi connectivity index (χ1) is 18.5. The van der Waals surface area contributed by atoms with E-state index in [0.29, 0.717) is 11.7 Å². The summed E-state index contributed by atoms with van der Waals surface area (Å²) in [7, 11) is 4.10. The number of thiophene rings is 1. The van der Waals surface area contributed by atoms with Gasteiger partial charge in [-0.3, -0.25) is 4.90 Å². The molecule has 7 nitrogen and oxygen atoms in total. The minimum atomic E-state index is -0.289. The lowest BCUT2D eigenvalue weighted by Crippen LogP contribution is -2.37. The minimum absolute atomic E-state index is 0.202. The van der Waals surface area contributed by atoms with Gasteiger partial charge in [0.15, 0.2) is 18.8 Å². The van der Waals surface area contributed by atoms with Gasteiger partial charge in [0.25, 0.3) is 0 Å². The number of aliphatic hydroxyl groups is 1. The van der Waals surface area contributed by atoms with Gasteiger partial charge in [-0.25, -0.2) is 14.5 Å². The normalized spacial score (nSPS) is 21.9. The van der Waals surface area contributed by atoms with E-state index in [0.717, 1.165) is 71.6 Å². The molecular weight excluding hydrogens is 494 g/mol. The number of hydrogen-bond acceptors (Lipinski definition) is 7. The topological polar surface area (TPSA) is 87.5 Å². The monoisotopic (exact) mass is 528 g/mol. The number of hydrogen-bond donors (Lipinski definition) is 2. The first-order valence-corrected chi connectivity index (χ1v) is 14.1. The molecule has 2 fully saturated rings. The average molecular weight is 529 g/mol. The van der Waals surface area contributed by atoms with Crippen LogP contribution in [0.25, 0.3) is 21.3 Å². The predicted octanol–water partition coefficient (Wildman–Crippen LogP) is 5.15. The molecule has 2 aromatic carbocycles. The lowest BCUT2D eigenvalue weighted by Gasteiger charge is -2.21. The van der Waals surface area contributed by atoms with E-state index in [9.17, 15) is 5.11 Å². The summed E-state index contributed by atoms with van der Waals surface area (Å²) in [6, 6.07) is 18.2. The summed E-state index contributed by atoms with van der Waals surface area (Å²) >= 11 is 1.80. The van der Waals surface area contributed by atoms with Crippen molar-refractivity contribution in [3.63, 3.8) is 0 Å². The number of likely N-dealkylation sites (N-methyl/N-ethyl adjacent to an activating group) is 1. The Balaban J connectivity index is 1.25. The molecule has 0 bridgehead atoms. The quantitative estimate of drug-likeness (QED) is 0.349. The maximum absolute atomic E-state index is 10.5. The van der Waals surface area contributed by atoms with Gasteiger partial charge in [-0.05, 0) is 74.8 Å². The van der Waals surface area contributed by atoms with Crippen LogP contribution in [0.2, 0.25) is 0 Å². The van der Waals surface area contributed by atoms with E-state index in [1.807, 2.05) is 42.5 Å². The van der Waals surface area contributed by atoms with Crippen molar-refractivity contribution in [1.82, 2.24) is 14.9 Å². The second-order valence-corrected chi connectivity index (χ2v) is 11.6. The SMILES string of the molecule is CN(C)[C@@H]1C[N+](=C2CCC(c3sc(-c4ccc(Oc5ccccc5)cc4)c4c(N)ncnc34)CC2)C[C@H]1O. The molecule has 1 saturated heterocycles. The van der Waals surface area contributed by atoms with Crippen molar-refractivity contribution in [3.8, 4) is 21.9 Å². The Hall–Kier alpha value is -3.33. The Morgan fingerprint density at radius 3 is 2.37 bits per heavy atom. The Bertz CT molecular complexity index is 1460. The average Bonchev–Trinajstić information content (AvgIpc) is 3.52. The number of nitrogens with two attached hydrogens (primary N) is 1. The summed E-state index contributed by atoms with van der Waals surface area (Å²) < 4.78 is 8.41. The van der Waals surface area contributed by atoms with E-state index in [4.69, 9.17) is 15.5 Å². The van der Waals surface area contributed by atoms with E-state index in [-0.39, 0.29) is 12.1 Å². The number of benzene rings is 2. The number of rotatable bonds is 5. The van der Waals surface area contributed by atoms with E-state index >= 15 is 0 Å². The largest absolute Gasteiger partial charge is 0.457 e. The van der Waals surface area contributed by atoms with Gasteiger partial charge < -0.3 is 15.6 Å². The molecule has 8 heteroatoms. The maximum atomic E-state index is 10.5. The highest BCUT2D eigenvalue weighted by molar-refractivity contribution is 7.17. The van der Waals surface area contributed by atoms with Crippen LogP contribution in [-0.4, -0.2) is 69.6 Å². The van der Waals surface area contributed by atoms with Crippen LogP contribution in [0.3, 0.4) is 0 Å². The molecule has 0 amide bonds. The molecule has 2 aromatic heterocycles. The molecule has 1 aliphatic carbocycles. The zero-order chi connectivity index (χ0) is 26.2. The summed E-state index contributed by atoms with van der Waals surface area (Å²) in [4.78, 5) is 13.6. The summed E-state index contributed by atoms with van der Waals surface area (Å²) in [5.41, 5.74) is 9.98. The molecule has 0 unspecified atom stereocenters. The highest BCUT2D eigenvalue weighted by Crippen LogP contribution is 2.46. The third kappa shape index (κ3) is 4.79. The van der Waals surface area contributed by atoms with Gasteiger partial charge in [0.05, 0.1) is 10.9 Å². The van der Waals surface area contributed by atoms with E-state index in [2.05, 4.69) is 40.7 Å². The molecule has 1 aliphatic heterocycles. The van der Waals surface area contributed by atoms with Gasteiger partial charge in [0.2, 0.25) is 0 Å². The van der Waals surface area contributed by atoms with Crippen molar-refractivity contribution in [2.24, 2.45) is 0 Å². The van der Waals surface area contributed by atoms with Crippen LogP contribution in [0.1, 0.15) is 36.5 Å². The number of nitrogens with zero attached hydrogens (tertiary/aromatic N) is 4. The molecule has 3 heterocycles. The van der Waals surface area contributed by atoms with Crippen molar-refractivity contribution in [2.45, 2.75) is 43.7 Å². The lowest BCUT2D eigenvalue weighted by atomic mass is 9.86. The lowest BCUT2D eigenvalue weighted by molar-refractivity contribution is -0.514. The predicted molar refractivity (Wildman–Crippen MR) is 153 cm³/mol. The molecule has 2 aliphatic rings. The number of aliphatic hydroxyl groups excluding tert-OH is 1. The molecule has 38 heavy (non-hydrogen) atoms. The summed E-state index contributed by atoms with van der Waals surface area (Å²) in [6.07, 6.45) is 5.57. The molecule has 3 N–H and O–H groups in total. The van der Waals surface area contributed by atoms with Crippen molar-refractivity contribution in [3.05, 3.63) is 65.8 Å². The van der Waals surface area contributed by atoms with Crippen LogP contribution in [-0.2, 0) is 0 Å². The first kappa shape index (κ1) is 25.0. The van der Waals surface area contributed by atoms with E-state index in [1.165, 1.54) is 10.6 Å². The molecule has 4 aromatic rings. The second kappa shape index (κ2) is 10.4. The maximum Gasteiger partial charge on any atom is 0.170 e. The van der Waals surface area contributed by atoms with Gasteiger partial charge in [-0.2, -0.15) is 0 Å². The number of aromatic nitrogens is 2. The van der Waals surface area contributed by atoms with Gasteiger partial charge >= 0.3 is 0 Å². The van der Waals surface area contributed by atoms with Gasteiger partial charge in [-0.15, -0.1) is 11.3 Å². The third-order valence-corrected chi connectivity index (χ3v) is 9.34. The number of anilines is 1. The molecular formula is C30H34N5O2S+. The zero-order valence-electron chi connectivity index (χ0n) is 21.9. The van der Waals surface area contributed by atoms with Crippen molar-refractivity contribution in [1.29, 1.82) is 0 Å². The summed E-state index contributed by atoms with van der Waals surface area (Å²) in [5, 5.41) is 11.5. The Morgan fingerprint density at radius 2 is 1.68 bits per heavy atom. The molecule has 0 radical (unpaired) electrons. The van der Waals surface area contributed by atoms with Crippen molar-refractivity contribution < 1.29 is 14.4 Å². The van der Waals surface area contributed by atoms with Crippen LogP contribution in [0.5, 0.6) is 11.5 Å². The number of nitrogen functional groups attached to an aromatic ring is 1. The van der Waals surface area contributed by atoms with Gasteiger partial charge in [0, 0.05) is 22.6 Å². The molecule has 0 spiro atoms. The molecule has 2 atom stereocenters. The standard InChI is InChI=1S/C30H34N5O2S/c1-34(2)24-16-35(17-25(24)36)21-12-8-20(9-13-21)29-27-26(30(31)33-18-32-27)28(38-29)19-10-14-23(15-11-19)37-22-6-4-3-5-7-22/h3-7,10-11,14-15,18,20,24-25,36H,8-9,12-13,16-17H2,1-2H3,(H2,31,32,33)/q+1/t20?,24-,25-/m1/s1. The number of ether oxygens (including phenoxy) is 1. The van der Waals surface area contributed by atoms with E-state index < -0.39 is 0 Å². The van der Waals surface area contributed by atoms with Gasteiger partial charge in [-0.1, -0.05) is 18.2 Å². The van der Waals surface area contributed by atoms with Crippen LogP contribution in [0.15, 0.2) is 60.9 Å². The third-order valence-electron chi connectivity index (χ3n) is 7.95. The highest BCUT2D eigenvalue weighted by Gasteiger charge is 2.39. The van der Waals surface area contributed by atoms with Crippen LogP contribution in [0.4, 0.5) is 5.82 Å². The smallest absolute Gasteiger partial charge is 0.170 e. The fraction of sp³-hybridized carbons (Fsp3) is 0.367. The Labute approximate surface area is 227 Å². The summed E-state index contributed by atoms with van der Waals surface area (Å²) in [6.45, 7) is 1.65. The second-order valence-electron chi connectivity index (χ2n) is 10.6. The minimum Gasteiger partial charge on any atom is -0.457 e. The number of β-amino-alcohol motifs (C(OH)–C–C–N with tert-alkyl or cyclic N) is 1. The van der Waals surface area contributed by atoms with Crippen LogP contribution >= 0.6 is 11.3 Å². The molecule has 1 saturated carbocycles. The Morgan fingerprint density at radius 1 is 0.974 bits per heavy atom. The van der Waals surface area contributed by atoms with Crippen molar-refractivity contribution in [2.75, 3.05) is 32.9 Å². The Kier molecular flexibility index (Phi) is 6.86. The van der Waals surface area contributed by atoms with E-state index in [1.54, 1.807) is 17.7 Å². The fourth-order valence-electron chi connectivity index (χ4n) is 5.86. The first-order valence-electron chi connectivity index (χ1n) is 13.3. The van der Waals surface area contributed by atoms with Crippen molar-refractivity contribution >= 4 is 33.8 Å². The fourth-order valence-corrected chi connectivity index (χ4v) is 7.29. The zero-order valence-corrected chi connectivity index (χ0v) is 22.7. The van der Waals surface area contributed by atoms with Crippen LogP contribution < -0.4 is 10.5 Å². The van der Waals surface area contributed by atoms with Crippen LogP contribution in [0, 0.1) is 0 Å². The number of para-hydroxylation sites is 1. The number of fused-ring (bicyclic) bond motifs is 1. The molecule has 196 valence electrons. The highest BCUT2D eigenvalue weighted by atomic mass is 32.1.